The standard InChI is InChI=1S/C11H10FNOS/c12-10-3-1-9(2-4-10)8-15-11-5-6-13(14)7-11/h1-7,14H,8H2. The lowest BCUT2D eigenvalue weighted by molar-refractivity contribution is 0.186. The molecule has 0 bridgehead atoms. The van der Waals surface area contributed by atoms with Crippen LogP contribution in [0, 0.1) is 5.82 Å². The minimum atomic E-state index is -0.217. The van der Waals surface area contributed by atoms with Gasteiger partial charge in [-0.2, -0.15) is 0 Å². The maximum Gasteiger partial charge on any atom is 0.123 e. The first-order valence-electron chi connectivity index (χ1n) is 4.48. The van der Waals surface area contributed by atoms with Gasteiger partial charge in [0.05, 0.1) is 6.20 Å². The van der Waals surface area contributed by atoms with E-state index in [-0.39, 0.29) is 5.82 Å². The minimum Gasteiger partial charge on any atom is -0.429 e. The van der Waals surface area contributed by atoms with Gasteiger partial charge in [0, 0.05) is 16.8 Å². The highest BCUT2D eigenvalue weighted by atomic mass is 32.2. The number of hydrogen-bond acceptors (Lipinski definition) is 2. The lowest BCUT2D eigenvalue weighted by atomic mass is 10.2. The van der Waals surface area contributed by atoms with E-state index in [1.807, 2.05) is 6.07 Å². The first-order chi connectivity index (χ1) is 7.24. The van der Waals surface area contributed by atoms with Crippen LogP contribution >= 0.6 is 11.8 Å². The van der Waals surface area contributed by atoms with E-state index in [0.29, 0.717) is 0 Å². The topological polar surface area (TPSA) is 25.2 Å². The van der Waals surface area contributed by atoms with Crippen molar-refractivity contribution in [2.45, 2.75) is 10.6 Å². The van der Waals surface area contributed by atoms with Gasteiger partial charge in [0.2, 0.25) is 0 Å². The van der Waals surface area contributed by atoms with Gasteiger partial charge in [-0.1, -0.05) is 12.1 Å². The summed E-state index contributed by atoms with van der Waals surface area (Å²) in [5, 5.41) is 9.04. The molecule has 0 aliphatic heterocycles. The van der Waals surface area contributed by atoms with Crippen LogP contribution < -0.4 is 0 Å². The molecule has 0 fully saturated rings. The quantitative estimate of drug-likeness (QED) is 0.638. The van der Waals surface area contributed by atoms with Crippen LogP contribution in [0.1, 0.15) is 5.56 Å². The Labute approximate surface area is 91.3 Å². The molecule has 0 unspecified atom stereocenters. The van der Waals surface area contributed by atoms with Crippen molar-refractivity contribution in [3.05, 3.63) is 54.1 Å². The summed E-state index contributed by atoms with van der Waals surface area (Å²) < 4.78 is 13.6. The summed E-state index contributed by atoms with van der Waals surface area (Å²) in [6, 6.07) is 8.25. The van der Waals surface area contributed by atoms with E-state index in [0.717, 1.165) is 20.9 Å². The first kappa shape index (κ1) is 10.1. The molecule has 1 aromatic carbocycles. The molecule has 0 saturated carbocycles. The van der Waals surface area contributed by atoms with Gasteiger partial charge >= 0.3 is 0 Å². The summed E-state index contributed by atoms with van der Waals surface area (Å²) in [5.74, 6) is 0.551. The Kier molecular flexibility index (Phi) is 2.97. The van der Waals surface area contributed by atoms with E-state index in [2.05, 4.69) is 0 Å². The summed E-state index contributed by atoms with van der Waals surface area (Å²) in [4.78, 5) is 0.988. The number of aromatic nitrogens is 1. The maximum atomic E-state index is 12.6. The molecule has 1 heterocycles. The van der Waals surface area contributed by atoms with Crippen LogP contribution in [0.5, 0.6) is 0 Å². The average molecular weight is 223 g/mol. The maximum absolute atomic E-state index is 12.6. The molecule has 0 amide bonds. The Bertz CT molecular complexity index is 438. The van der Waals surface area contributed by atoms with Crippen molar-refractivity contribution >= 4 is 11.8 Å². The molecule has 78 valence electrons. The molecular formula is C11H10FNOS. The normalized spacial score (nSPS) is 10.5. The van der Waals surface area contributed by atoms with E-state index >= 15 is 0 Å². The van der Waals surface area contributed by atoms with Crippen molar-refractivity contribution < 1.29 is 9.60 Å². The van der Waals surface area contributed by atoms with Gasteiger partial charge in [-0.3, -0.25) is 0 Å². The average Bonchev–Trinajstić information content (AvgIpc) is 2.64. The van der Waals surface area contributed by atoms with Crippen LogP contribution in [0.25, 0.3) is 0 Å². The molecule has 0 aliphatic carbocycles. The van der Waals surface area contributed by atoms with Crippen LogP contribution in [0.2, 0.25) is 0 Å². The van der Waals surface area contributed by atoms with E-state index in [9.17, 15) is 4.39 Å². The van der Waals surface area contributed by atoms with Gasteiger partial charge in [0.15, 0.2) is 0 Å². The molecule has 2 rings (SSSR count). The molecule has 4 heteroatoms. The van der Waals surface area contributed by atoms with E-state index in [1.54, 1.807) is 36.3 Å². The van der Waals surface area contributed by atoms with Crippen LogP contribution in [0.3, 0.4) is 0 Å². The molecule has 0 atom stereocenters. The van der Waals surface area contributed by atoms with Gasteiger partial charge in [0.25, 0.3) is 0 Å². The minimum absolute atomic E-state index is 0.217. The third kappa shape index (κ3) is 2.76. The van der Waals surface area contributed by atoms with Crippen molar-refractivity contribution in [3.63, 3.8) is 0 Å². The van der Waals surface area contributed by atoms with Crippen molar-refractivity contribution in [2.24, 2.45) is 0 Å². The smallest absolute Gasteiger partial charge is 0.123 e. The largest absolute Gasteiger partial charge is 0.429 e. The molecule has 0 spiro atoms. The van der Waals surface area contributed by atoms with Crippen molar-refractivity contribution in [3.8, 4) is 0 Å². The van der Waals surface area contributed by atoms with Gasteiger partial charge in [-0.25, -0.2) is 9.12 Å². The third-order valence-electron chi connectivity index (χ3n) is 1.97. The highest BCUT2D eigenvalue weighted by Crippen LogP contribution is 2.22. The van der Waals surface area contributed by atoms with E-state index in [4.69, 9.17) is 5.21 Å². The molecule has 1 N–H and O–H groups in total. The van der Waals surface area contributed by atoms with Crippen molar-refractivity contribution in [2.75, 3.05) is 0 Å². The summed E-state index contributed by atoms with van der Waals surface area (Å²) in [5.41, 5.74) is 1.06. The van der Waals surface area contributed by atoms with Crippen molar-refractivity contribution in [1.29, 1.82) is 0 Å². The Hall–Kier alpha value is -1.42. The van der Waals surface area contributed by atoms with Crippen LogP contribution in [-0.4, -0.2) is 9.94 Å². The lowest BCUT2D eigenvalue weighted by Crippen LogP contribution is -1.82. The Balaban J connectivity index is 1.96. The zero-order valence-electron chi connectivity index (χ0n) is 7.93. The van der Waals surface area contributed by atoms with Gasteiger partial charge in [0.1, 0.15) is 5.82 Å². The van der Waals surface area contributed by atoms with Crippen LogP contribution in [-0.2, 0) is 5.75 Å². The predicted octanol–water partition coefficient (Wildman–Crippen LogP) is 3.16. The monoisotopic (exact) mass is 223 g/mol. The molecular weight excluding hydrogens is 213 g/mol. The summed E-state index contributed by atoms with van der Waals surface area (Å²) >= 11 is 1.60. The zero-order valence-corrected chi connectivity index (χ0v) is 8.75. The third-order valence-corrected chi connectivity index (χ3v) is 3.02. The summed E-state index contributed by atoms with van der Waals surface area (Å²) in [6.07, 6.45) is 3.21. The summed E-state index contributed by atoms with van der Waals surface area (Å²) in [7, 11) is 0. The van der Waals surface area contributed by atoms with E-state index < -0.39 is 0 Å². The van der Waals surface area contributed by atoms with Gasteiger partial charge in [-0.05, 0) is 23.8 Å². The Morgan fingerprint density at radius 2 is 1.93 bits per heavy atom. The molecule has 15 heavy (non-hydrogen) atoms. The first-order valence-corrected chi connectivity index (χ1v) is 5.47. The second kappa shape index (κ2) is 4.40. The molecule has 0 radical (unpaired) electrons. The number of halogens is 1. The Morgan fingerprint density at radius 3 is 2.53 bits per heavy atom. The van der Waals surface area contributed by atoms with Gasteiger partial charge in [-0.15, -0.1) is 11.8 Å². The predicted molar refractivity (Wildman–Crippen MR) is 57.6 cm³/mol. The number of thioether (sulfide) groups is 1. The van der Waals surface area contributed by atoms with Crippen LogP contribution in [0.4, 0.5) is 4.39 Å². The highest BCUT2D eigenvalue weighted by molar-refractivity contribution is 7.98. The summed E-state index contributed by atoms with van der Waals surface area (Å²) in [6.45, 7) is 0. The number of rotatable bonds is 3. The Morgan fingerprint density at radius 1 is 1.20 bits per heavy atom. The van der Waals surface area contributed by atoms with E-state index in [1.165, 1.54) is 12.1 Å². The fraction of sp³-hybridized carbons (Fsp3) is 0.0909. The number of benzene rings is 1. The van der Waals surface area contributed by atoms with Crippen LogP contribution in [0.15, 0.2) is 47.6 Å². The molecule has 1 aromatic heterocycles. The fourth-order valence-corrected chi connectivity index (χ4v) is 2.06. The molecule has 0 aliphatic rings. The second-order valence-corrected chi connectivity index (χ2v) is 4.19. The molecule has 2 aromatic rings. The second-order valence-electron chi connectivity index (χ2n) is 3.14. The number of hydrogen-bond donors (Lipinski definition) is 1. The molecule has 0 saturated heterocycles. The van der Waals surface area contributed by atoms with Gasteiger partial charge < -0.3 is 5.21 Å². The fourth-order valence-electron chi connectivity index (χ4n) is 1.20. The lowest BCUT2D eigenvalue weighted by Gasteiger charge is -1.99. The molecule has 2 nitrogen and oxygen atoms in total. The number of nitrogens with zero attached hydrogens (tertiary/aromatic N) is 1. The highest BCUT2D eigenvalue weighted by Gasteiger charge is 1.98. The SMILES string of the molecule is On1ccc(SCc2ccc(F)cc2)c1. The van der Waals surface area contributed by atoms with Crippen molar-refractivity contribution in [1.82, 2.24) is 4.73 Å². The zero-order chi connectivity index (χ0) is 10.7.